The Morgan fingerprint density at radius 2 is 2.18 bits per heavy atom. The number of hydrazone groups is 1. The maximum Gasteiger partial charge on any atom is 0.398 e. The van der Waals surface area contributed by atoms with Crippen molar-refractivity contribution in [1.29, 1.82) is 0 Å². The lowest BCUT2D eigenvalue weighted by atomic mass is 11.1. The molecule has 1 aromatic heterocycles. The molecule has 14 nitrogen and oxygen atoms in total. The third kappa shape index (κ3) is 6.36. The van der Waals surface area contributed by atoms with Crippen LogP contribution in [-0.2, 0) is 7.05 Å². The Morgan fingerprint density at radius 3 is 2.41 bits per heavy atom. The van der Waals surface area contributed by atoms with Crippen LogP contribution in [0.15, 0.2) is 0 Å². The van der Waals surface area contributed by atoms with Crippen molar-refractivity contribution in [3.8, 4) is 0 Å². The lowest BCUT2D eigenvalue weighted by Crippen LogP contribution is -2.86. The van der Waals surface area contributed by atoms with Gasteiger partial charge in [-0.05, 0) is 0 Å². The zero-order valence-corrected chi connectivity index (χ0v) is 8.73. The van der Waals surface area contributed by atoms with E-state index in [4.69, 9.17) is 17.5 Å². The third-order valence-electron chi connectivity index (χ3n) is 1.10. The molecule has 14 heteroatoms. The van der Waals surface area contributed by atoms with Crippen molar-refractivity contribution in [2.24, 2.45) is 24.6 Å². The van der Waals surface area contributed by atoms with E-state index in [0.29, 0.717) is 0 Å². The molecule has 0 amide bonds. The number of rotatable bonds is 2. The van der Waals surface area contributed by atoms with E-state index in [9.17, 15) is 10.1 Å². The molecule has 1 rings (SSSR count). The highest BCUT2D eigenvalue weighted by Crippen LogP contribution is 2.05. The van der Waals surface area contributed by atoms with Crippen molar-refractivity contribution in [3.63, 3.8) is 0 Å². The normalized spacial score (nSPS) is 8.41. The summed E-state index contributed by atoms with van der Waals surface area (Å²) < 4.78 is 0. The number of guanidine groups is 1. The van der Waals surface area contributed by atoms with Gasteiger partial charge in [-0.3, -0.25) is 10.9 Å². The highest BCUT2D eigenvalue weighted by Gasteiger charge is 1.94. The maximum absolute atomic E-state index is 9.70. The summed E-state index contributed by atoms with van der Waals surface area (Å²) in [6, 6.07) is 0. The van der Waals surface area contributed by atoms with E-state index in [-0.39, 0.29) is 11.9 Å². The molecule has 1 aromatic rings. The summed E-state index contributed by atoms with van der Waals surface area (Å²) in [5.41, 5.74) is 7.09. The number of nitrogens with zero attached hydrogens (tertiary/aromatic N) is 6. The van der Waals surface area contributed by atoms with Crippen molar-refractivity contribution in [3.05, 3.63) is 15.5 Å². The maximum atomic E-state index is 9.70. The Morgan fingerprint density at radius 1 is 1.59 bits per heavy atom. The summed E-state index contributed by atoms with van der Waals surface area (Å²) in [5.74, 6) is 14.5. The van der Waals surface area contributed by atoms with Gasteiger partial charge < -0.3 is 0 Å². The third-order valence-corrected chi connectivity index (χ3v) is 1.10. The van der Waals surface area contributed by atoms with E-state index in [1.165, 1.54) is 7.05 Å². The molecule has 0 aliphatic heterocycles. The van der Waals surface area contributed by atoms with Crippen molar-refractivity contribution in [2.75, 3.05) is 0 Å². The summed E-state index contributed by atoms with van der Waals surface area (Å²) in [6.45, 7) is 0. The van der Waals surface area contributed by atoms with Crippen molar-refractivity contribution < 1.29 is 10.1 Å². The highest BCUT2D eigenvalue weighted by molar-refractivity contribution is 5.72. The topological polar surface area (TPSA) is 217 Å². The number of tetrazole rings is 1. The molecule has 0 saturated heterocycles. The lowest BCUT2D eigenvalue weighted by molar-refractivity contribution is -0.474. The van der Waals surface area contributed by atoms with Gasteiger partial charge in [0, 0.05) is 7.05 Å². The molecule has 0 atom stereocenters. The van der Waals surface area contributed by atoms with E-state index in [1.54, 1.807) is 0 Å². The number of hydrogen-bond donors (Lipinski definition) is 6. The van der Waals surface area contributed by atoms with Gasteiger partial charge in [0.1, 0.15) is 11.0 Å². The van der Waals surface area contributed by atoms with Crippen LogP contribution >= 0.6 is 0 Å². The van der Waals surface area contributed by atoms with E-state index < -0.39 is 5.03 Å². The molecule has 17 heavy (non-hydrogen) atoms. The molecular formula is C3H12N12O2. The predicted molar refractivity (Wildman–Crippen MR) is 53.6 cm³/mol. The van der Waals surface area contributed by atoms with E-state index in [0.717, 1.165) is 4.80 Å². The van der Waals surface area contributed by atoms with Crippen LogP contribution in [0, 0.1) is 10.1 Å². The molecule has 9 N–H and O–H groups in total. The Balaban J connectivity index is 0.000000325. The summed E-state index contributed by atoms with van der Waals surface area (Å²) >= 11 is 0. The number of aryl methyl sites for hydroxylation is 1. The first kappa shape index (κ1) is 14.3. The Labute approximate surface area is 94.2 Å². The van der Waals surface area contributed by atoms with Gasteiger partial charge in [-0.25, -0.2) is 30.9 Å². The van der Waals surface area contributed by atoms with Crippen LogP contribution in [0.5, 0.6) is 0 Å². The summed E-state index contributed by atoms with van der Waals surface area (Å²) in [6.07, 6.45) is 0. The fraction of sp³-hybridized carbons (Fsp3) is 0.333. The number of hydrogen-bond acceptors (Lipinski definition) is 8. The Bertz CT molecular complexity index is 364. The van der Waals surface area contributed by atoms with Gasteiger partial charge in [0.2, 0.25) is 0 Å². The Kier molecular flexibility index (Phi) is 6.32. The van der Waals surface area contributed by atoms with E-state index >= 15 is 0 Å². The lowest BCUT2D eigenvalue weighted by Gasteiger charge is -1.91. The van der Waals surface area contributed by atoms with Crippen molar-refractivity contribution >= 4 is 11.9 Å². The molecule has 96 valence electrons. The van der Waals surface area contributed by atoms with E-state index in [2.05, 4.69) is 36.8 Å². The van der Waals surface area contributed by atoms with Gasteiger partial charge in [-0.15, -0.1) is 5.21 Å². The molecule has 0 aromatic carbocycles. The molecule has 0 saturated carbocycles. The van der Waals surface area contributed by atoms with Crippen LogP contribution < -0.4 is 33.5 Å². The first-order chi connectivity index (χ1) is 8.03. The van der Waals surface area contributed by atoms with Gasteiger partial charge in [-0.2, -0.15) is 16.8 Å². The van der Waals surface area contributed by atoms with Gasteiger partial charge in [0.05, 0.1) is 0 Å². The molecular weight excluding hydrogens is 236 g/mol. The van der Waals surface area contributed by atoms with Gasteiger partial charge in [-0.1, -0.05) is 5.43 Å². The summed E-state index contributed by atoms with van der Waals surface area (Å²) in [4.78, 5) is 10.8. The average Bonchev–Trinajstić information content (AvgIpc) is 2.66. The molecule has 0 aliphatic carbocycles. The minimum Gasteiger partial charge on any atom is -0.296 e. The highest BCUT2D eigenvalue weighted by atomic mass is 16.7. The average molecular weight is 248 g/mol. The minimum absolute atomic E-state index is 0.243. The van der Waals surface area contributed by atoms with Crippen LogP contribution in [-0.4, -0.2) is 31.2 Å². The number of nitrogens with one attached hydrogen (secondary N) is 3. The zero-order chi connectivity index (χ0) is 13.3. The fourth-order valence-corrected chi connectivity index (χ4v) is 0.512. The number of hydrazine groups is 3. The molecule has 1 heterocycles. The molecule has 0 fully saturated rings. The molecule has 0 unspecified atom stereocenters. The van der Waals surface area contributed by atoms with Crippen molar-refractivity contribution in [2.45, 2.75) is 0 Å². The predicted octanol–water partition coefficient (Wildman–Crippen LogP) is -5.37. The van der Waals surface area contributed by atoms with Gasteiger partial charge >= 0.3 is 5.96 Å². The first-order valence-electron chi connectivity index (χ1n) is 3.90. The van der Waals surface area contributed by atoms with Crippen molar-refractivity contribution in [1.82, 2.24) is 31.1 Å². The zero-order valence-electron chi connectivity index (χ0n) is 8.73. The summed E-state index contributed by atoms with van der Waals surface area (Å²) in [7, 11) is 1.49. The smallest absolute Gasteiger partial charge is 0.296 e. The van der Waals surface area contributed by atoms with Gasteiger partial charge in [0.15, 0.2) is 0 Å². The number of nitrogens with two attached hydrogens (primary N) is 3. The molecule has 0 radical (unpaired) electrons. The number of aromatic nitrogens is 4. The molecule has 0 bridgehead atoms. The fourth-order valence-electron chi connectivity index (χ4n) is 0.512. The van der Waals surface area contributed by atoms with E-state index in [1.807, 2.05) is 0 Å². The summed E-state index contributed by atoms with van der Waals surface area (Å²) in [5, 5.41) is 21.0. The van der Waals surface area contributed by atoms with Crippen LogP contribution in [0.1, 0.15) is 0 Å². The second-order valence-corrected chi connectivity index (χ2v) is 2.22. The molecule has 0 spiro atoms. The quantitative estimate of drug-likeness (QED) is 0.0958. The second kappa shape index (κ2) is 7.54. The monoisotopic (exact) mass is 248 g/mol. The first-order valence-corrected chi connectivity index (χ1v) is 3.90. The van der Waals surface area contributed by atoms with Crippen LogP contribution in [0.2, 0.25) is 0 Å². The standard InChI is InChI=1S/C2H3N6O2.CH8N6/c1-7-4-2(3-6-7)5-8(9)10;2-5-1(6-3)7-4/h1H3;2-4H2,(H2,5,6,7)/q-1;/p+1. The SMILES string of the molecule is Cn1nnc([N-][N+](=O)[O-])n1.NNC(NN)=[NH+]N. The van der Waals surface area contributed by atoms with Crippen LogP contribution in [0.25, 0.3) is 5.43 Å². The van der Waals surface area contributed by atoms with Crippen LogP contribution in [0.4, 0.5) is 5.95 Å². The second-order valence-electron chi connectivity index (χ2n) is 2.22. The minimum atomic E-state index is -0.878. The van der Waals surface area contributed by atoms with Gasteiger partial charge in [0.25, 0.3) is 0 Å². The largest absolute Gasteiger partial charge is 0.398 e. The molecule has 0 aliphatic rings. The Hall–Kier alpha value is -2.74. The van der Waals surface area contributed by atoms with Crippen LogP contribution in [0.3, 0.4) is 0 Å². The number of nitro groups is 1.